The van der Waals surface area contributed by atoms with Crippen LogP contribution in [0.25, 0.3) is 55.3 Å². The Morgan fingerprint density at radius 2 is 1.00 bits per heavy atom. The zero-order valence-electron chi connectivity index (χ0n) is 33.7. The number of aromatic nitrogens is 1. The molecule has 1 unspecified atom stereocenters. The van der Waals surface area contributed by atoms with Crippen LogP contribution in [0.3, 0.4) is 0 Å². The Labute approximate surface area is 351 Å². The minimum Gasteiger partial charge on any atom is -0.334 e. The summed E-state index contributed by atoms with van der Waals surface area (Å²) in [6, 6.07) is 70.7. The molecular formula is C58H42N2. The van der Waals surface area contributed by atoms with Gasteiger partial charge < -0.3 is 9.47 Å². The van der Waals surface area contributed by atoms with E-state index >= 15 is 0 Å². The first-order valence-electron chi connectivity index (χ1n) is 21.4. The van der Waals surface area contributed by atoms with Gasteiger partial charge in [-0.2, -0.15) is 0 Å². The van der Waals surface area contributed by atoms with Crippen molar-refractivity contribution in [3.8, 4) is 27.9 Å². The minimum atomic E-state index is -0.416. The summed E-state index contributed by atoms with van der Waals surface area (Å²) >= 11 is 0. The highest BCUT2D eigenvalue weighted by molar-refractivity contribution is 6.10. The van der Waals surface area contributed by atoms with Gasteiger partial charge in [0.05, 0.1) is 22.5 Å². The molecule has 284 valence electrons. The molecule has 9 aromatic rings. The summed E-state index contributed by atoms with van der Waals surface area (Å²) in [6.45, 7) is 4.78. The van der Waals surface area contributed by atoms with Crippen molar-refractivity contribution < 1.29 is 0 Å². The summed E-state index contributed by atoms with van der Waals surface area (Å²) in [7, 11) is 0. The fourth-order valence-corrected chi connectivity index (χ4v) is 11.9. The molecule has 1 heterocycles. The zero-order chi connectivity index (χ0) is 39.7. The number of nitrogens with zero attached hydrogens (tertiary/aromatic N) is 2. The number of para-hydroxylation sites is 2. The van der Waals surface area contributed by atoms with Gasteiger partial charge in [0, 0.05) is 33.2 Å². The fourth-order valence-electron chi connectivity index (χ4n) is 11.9. The number of allylic oxidation sites excluding steroid dienone is 2. The van der Waals surface area contributed by atoms with Gasteiger partial charge in [0.15, 0.2) is 0 Å². The first-order valence-corrected chi connectivity index (χ1v) is 21.4. The van der Waals surface area contributed by atoms with E-state index in [2.05, 4.69) is 224 Å². The van der Waals surface area contributed by atoms with Gasteiger partial charge in [-0.25, -0.2) is 0 Å². The van der Waals surface area contributed by atoms with E-state index in [-0.39, 0.29) is 11.5 Å². The highest BCUT2D eigenvalue weighted by atomic mass is 15.2. The van der Waals surface area contributed by atoms with Crippen molar-refractivity contribution in [1.82, 2.24) is 4.57 Å². The van der Waals surface area contributed by atoms with E-state index in [1.54, 1.807) is 0 Å². The molecule has 0 radical (unpaired) electrons. The summed E-state index contributed by atoms with van der Waals surface area (Å²) in [5.74, 6) is 0. The van der Waals surface area contributed by atoms with Gasteiger partial charge in [-0.05, 0) is 122 Å². The largest absolute Gasteiger partial charge is 0.334 e. The molecule has 4 aliphatic carbocycles. The average Bonchev–Trinajstić information content (AvgIpc) is 3.97. The molecule has 1 atom stereocenters. The van der Waals surface area contributed by atoms with E-state index in [0.29, 0.717) is 0 Å². The van der Waals surface area contributed by atoms with Crippen LogP contribution in [0, 0.1) is 0 Å². The third-order valence-corrected chi connectivity index (χ3v) is 14.4. The third kappa shape index (κ3) is 4.33. The van der Waals surface area contributed by atoms with Crippen LogP contribution in [0.2, 0.25) is 0 Å². The van der Waals surface area contributed by atoms with Gasteiger partial charge in [-0.1, -0.05) is 166 Å². The number of hydrogen-bond donors (Lipinski definition) is 0. The van der Waals surface area contributed by atoms with E-state index < -0.39 is 5.41 Å². The molecule has 60 heavy (non-hydrogen) atoms. The van der Waals surface area contributed by atoms with Gasteiger partial charge in [-0.3, -0.25) is 0 Å². The van der Waals surface area contributed by atoms with Crippen molar-refractivity contribution in [2.24, 2.45) is 0 Å². The number of hydrogen-bond acceptors (Lipinski definition) is 1. The van der Waals surface area contributed by atoms with E-state index in [1.807, 2.05) is 0 Å². The number of rotatable bonds is 4. The van der Waals surface area contributed by atoms with Crippen LogP contribution in [0.5, 0.6) is 0 Å². The lowest BCUT2D eigenvalue weighted by Crippen LogP contribution is -2.32. The van der Waals surface area contributed by atoms with Gasteiger partial charge in [0.25, 0.3) is 0 Å². The average molecular weight is 767 g/mol. The number of fused-ring (bicyclic) bond motifs is 15. The van der Waals surface area contributed by atoms with Crippen LogP contribution in [-0.4, -0.2) is 10.6 Å². The monoisotopic (exact) mass is 766 g/mol. The molecule has 1 spiro atoms. The molecule has 0 amide bonds. The van der Waals surface area contributed by atoms with Crippen LogP contribution in [0.4, 0.5) is 11.4 Å². The molecule has 0 fully saturated rings. The van der Waals surface area contributed by atoms with E-state index in [1.165, 1.54) is 106 Å². The second-order valence-electron chi connectivity index (χ2n) is 17.6. The lowest BCUT2D eigenvalue weighted by Gasteiger charge is -2.37. The predicted octanol–water partition coefficient (Wildman–Crippen LogP) is 14.3. The first kappa shape index (κ1) is 33.8. The Kier molecular flexibility index (Phi) is 6.86. The summed E-state index contributed by atoms with van der Waals surface area (Å²) in [4.78, 5) is 2.64. The Morgan fingerprint density at radius 3 is 1.70 bits per heavy atom. The molecule has 4 aliphatic rings. The molecule has 0 saturated carbocycles. The second-order valence-corrected chi connectivity index (χ2v) is 17.6. The van der Waals surface area contributed by atoms with E-state index in [0.717, 1.165) is 6.42 Å². The van der Waals surface area contributed by atoms with Crippen molar-refractivity contribution in [3.63, 3.8) is 0 Å². The summed E-state index contributed by atoms with van der Waals surface area (Å²) < 4.78 is 2.42. The van der Waals surface area contributed by atoms with Crippen LogP contribution >= 0.6 is 0 Å². The molecule has 2 nitrogen and oxygen atoms in total. The van der Waals surface area contributed by atoms with E-state index in [4.69, 9.17) is 0 Å². The molecule has 0 N–H and O–H groups in total. The third-order valence-electron chi connectivity index (χ3n) is 14.4. The quantitative estimate of drug-likeness (QED) is 0.173. The van der Waals surface area contributed by atoms with Crippen LogP contribution in [-0.2, 0) is 10.8 Å². The lowest BCUT2D eigenvalue weighted by atomic mass is 9.70. The van der Waals surface area contributed by atoms with Gasteiger partial charge >= 0.3 is 0 Å². The molecule has 8 aromatic carbocycles. The Bertz CT molecular complexity index is 3270. The Hall–Kier alpha value is -7.16. The Morgan fingerprint density at radius 1 is 0.467 bits per heavy atom. The fraction of sp³-hybridized carbons (Fsp3) is 0.103. The van der Waals surface area contributed by atoms with Gasteiger partial charge in [0.1, 0.15) is 0 Å². The molecular weight excluding hydrogens is 725 g/mol. The molecule has 0 saturated heterocycles. The maximum atomic E-state index is 2.64. The highest BCUT2D eigenvalue weighted by Gasteiger charge is 2.52. The van der Waals surface area contributed by atoms with Crippen LogP contribution in [0.1, 0.15) is 53.6 Å². The van der Waals surface area contributed by atoms with Crippen molar-refractivity contribution >= 4 is 38.8 Å². The predicted molar refractivity (Wildman–Crippen MR) is 250 cm³/mol. The van der Waals surface area contributed by atoms with Crippen LogP contribution < -0.4 is 4.90 Å². The Balaban J connectivity index is 1.06. The molecule has 1 aromatic heterocycles. The molecule has 2 heteroatoms. The SMILES string of the molecule is CC1(C)C2=C(CC(N(c3ccc4c(c3)C3(c5ccccc5-c5ccccc53)c3ccccc3-4)c3ccc4c(c3)c3ccccc3n4-c3ccccc3)C=C2)c2ccccc21. The zero-order valence-corrected chi connectivity index (χ0v) is 33.7. The van der Waals surface area contributed by atoms with E-state index in [9.17, 15) is 0 Å². The summed E-state index contributed by atoms with van der Waals surface area (Å²) in [5, 5.41) is 2.52. The van der Waals surface area contributed by atoms with Gasteiger partial charge in [0.2, 0.25) is 0 Å². The topological polar surface area (TPSA) is 8.17 Å². The minimum absolute atomic E-state index is 0.0363. The van der Waals surface area contributed by atoms with Crippen molar-refractivity contribution in [3.05, 3.63) is 239 Å². The van der Waals surface area contributed by atoms with Crippen molar-refractivity contribution in [2.75, 3.05) is 4.90 Å². The number of anilines is 2. The molecule has 13 rings (SSSR count). The first-order chi connectivity index (χ1) is 29.5. The maximum Gasteiger partial charge on any atom is 0.0726 e. The summed E-state index contributed by atoms with van der Waals surface area (Å²) in [5.41, 5.74) is 22.1. The molecule has 0 aliphatic heterocycles. The van der Waals surface area contributed by atoms with Crippen LogP contribution in [0.15, 0.2) is 206 Å². The standard InChI is InChI=1S/C58H42N2/c1-57(2)49-23-11-6-21-44(49)47-34-38(29-32-50(47)57)59(39-30-33-56-48(35-39)46-22-10-15-27-55(46)60(56)37-16-4-3-5-17-37)40-28-31-45-43-20-9-14-26-53(43)58(54(45)36-40)51-24-12-7-18-41(51)42-19-8-13-25-52(42)58/h3-33,35-36,38H,34H2,1-2H3. The van der Waals surface area contributed by atoms with Crippen molar-refractivity contribution in [1.29, 1.82) is 0 Å². The second kappa shape index (κ2) is 12.2. The van der Waals surface area contributed by atoms with Crippen molar-refractivity contribution in [2.45, 2.75) is 37.1 Å². The van der Waals surface area contributed by atoms with Gasteiger partial charge in [-0.15, -0.1) is 0 Å². The molecule has 0 bridgehead atoms. The smallest absolute Gasteiger partial charge is 0.0726 e. The lowest BCUT2D eigenvalue weighted by molar-refractivity contribution is 0.647. The maximum absolute atomic E-state index is 2.64. The normalized spacial score (nSPS) is 17.1. The summed E-state index contributed by atoms with van der Waals surface area (Å²) in [6.07, 6.45) is 5.86. The number of benzene rings is 8. The highest BCUT2D eigenvalue weighted by Crippen LogP contribution is 2.63.